The number of hydrogen-bond acceptors (Lipinski definition) is 7. The van der Waals surface area contributed by atoms with Crippen LogP contribution in [-0.2, 0) is 4.74 Å². The fourth-order valence-electron chi connectivity index (χ4n) is 2.18. The third-order valence-corrected chi connectivity index (χ3v) is 3.69. The molecule has 0 spiro atoms. The summed E-state index contributed by atoms with van der Waals surface area (Å²) in [6.07, 6.45) is 2.64. The van der Waals surface area contributed by atoms with E-state index in [1.54, 1.807) is 0 Å². The smallest absolute Gasteiger partial charge is 0.341 e. The Morgan fingerprint density at radius 2 is 2.14 bits per heavy atom. The third kappa shape index (κ3) is 3.51. The molecule has 0 atom stereocenters. The first-order valence-electron chi connectivity index (χ1n) is 6.62. The second-order valence-corrected chi connectivity index (χ2v) is 5.41. The lowest BCUT2D eigenvalue weighted by molar-refractivity contribution is 0.0696. The molecular weight excluding hydrogens is 292 g/mol. The summed E-state index contributed by atoms with van der Waals surface area (Å²) in [5.41, 5.74) is 0.307. The van der Waals surface area contributed by atoms with Crippen LogP contribution in [0.3, 0.4) is 0 Å². The predicted molar refractivity (Wildman–Crippen MR) is 80.9 cm³/mol. The van der Waals surface area contributed by atoms with Crippen LogP contribution in [0.2, 0.25) is 0 Å². The van der Waals surface area contributed by atoms with Gasteiger partial charge in [-0.15, -0.1) is 0 Å². The lowest BCUT2D eigenvalue weighted by Crippen LogP contribution is -2.30. The Balaban J connectivity index is 2.57. The van der Waals surface area contributed by atoms with Crippen molar-refractivity contribution >= 4 is 29.3 Å². The predicted octanol–water partition coefficient (Wildman–Crippen LogP) is 1.51. The third-order valence-electron chi connectivity index (χ3n) is 3.14. The Morgan fingerprint density at radius 3 is 2.76 bits per heavy atom. The van der Waals surface area contributed by atoms with E-state index in [0.717, 1.165) is 6.42 Å². The summed E-state index contributed by atoms with van der Waals surface area (Å²) < 4.78 is 5.40. The summed E-state index contributed by atoms with van der Waals surface area (Å²) in [6, 6.07) is 0. The molecule has 8 heteroatoms. The molecule has 0 aromatic carbocycles. The van der Waals surface area contributed by atoms with Gasteiger partial charge >= 0.3 is 5.97 Å². The molecule has 2 N–H and O–H groups in total. The number of carboxylic acids is 1. The molecule has 1 aromatic heterocycles. The first-order chi connectivity index (χ1) is 10.0. The van der Waals surface area contributed by atoms with Gasteiger partial charge < -0.3 is 20.2 Å². The van der Waals surface area contributed by atoms with Crippen molar-refractivity contribution in [3.8, 4) is 0 Å². The molecule has 0 saturated carbocycles. The Kier molecular flexibility index (Phi) is 5.13. The zero-order valence-corrected chi connectivity index (χ0v) is 12.9. The van der Waals surface area contributed by atoms with Crippen LogP contribution in [-0.4, -0.2) is 59.3 Å². The molecule has 2 heterocycles. The Morgan fingerprint density at radius 1 is 1.38 bits per heavy atom. The van der Waals surface area contributed by atoms with Gasteiger partial charge in [0.15, 0.2) is 5.16 Å². The van der Waals surface area contributed by atoms with Gasteiger partial charge in [0.2, 0.25) is 0 Å². The topological polar surface area (TPSA) is 99.4 Å². The van der Waals surface area contributed by atoms with Gasteiger partial charge in [-0.05, 0) is 19.6 Å². The average molecular weight is 310 g/mol. The van der Waals surface area contributed by atoms with Crippen molar-refractivity contribution in [3.63, 3.8) is 0 Å². The van der Waals surface area contributed by atoms with Crippen LogP contribution >= 0.6 is 11.8 Å². The van der Waals surface area contributed by atoms with E-state index in [4.69, 9.17) is 10.1 Å². The molecule has 1 aliphatic heterocycles. The van der Waals surface area contributed by atoms with Crippen LogP contribution in [0.15, 0.2) is 5.16 Å². The van der Waals surface area contributed by atoms with Crippen molar-refractivity contribution in [3.05, 3.63) is 11.3 Å². The molecular formula is C13H18N4O3S. The monoisotopic (exact) mass is 310 g/mol. The fraction of sp³-hybridized carbons (Fsp3) is 0.538. The van der Waals surface area contributed by atoms with E-state index < -0.39 is 5.97 Å². The second kappa shape index (κ2) is 6.86. The minimum absolute atomic E-state index is 0.00204. The molecule has 1 aromatic rings. The van der Waals surface area contributed by atoms with Gasteiger partial charge in [-0.1, -0.05) is 11.8 Å². The summed E-state index contributed by atoms with van der Waals surface area (Å²) in [5.74, 6) is -0.724. The van der Waals surface area contributed by atoms with Crippen LogP contribution in [0, 0.1) is 5.41 Å². The molecule has 0 bridgehead atoms. The highest BCUT2D eigenvalue weighted by molar-refractivity contribution is 7.98. The number of ether oxygens (including phenoxy) is 1. The van der Waals surface area contributed by atoms with E-state index in [1.165, 1.54) is 18.7 Å². The highest BCUT2D eigenvalue weighted by Gasteiger charge is 2.25. The number of aromatic carboxylic acids is 1. The number of rotatable bonds is 4. The number of carboxylic acid groups (broad SMARTS) is 1. The quantitative estimate of drug-likeness (QED) is 0.494. The minimum atomic E-state index is -1.11. The first kappa shape index (κ1) is 15.7. The maximum Gasteiger partial charge on any atom is 0.341 e. The maximum atomic E-state index is 11.6. The SMILES string of the molecule is CSc1nc(C(C)=N)c(C(=O)O)c(N2CCCOCC2)n1. The Bertz CT molecular complexity index is 557. The molecule has 0 amide bonds. The van der Waals surface area contributed by atoms with E-state index >= 15 is 0 Å². The van der Waals surface area contributed by atoms with Crippen LogP contribution in [0.1, 0.15) is 29.4 Å². The zero-order chi connectivity index (χ0) is 15.4. The molecule has 2 rings (SSSR count). The van der Waals surface area contributed by atoms with Crippen molar-refractivity contribution in [2.75, 3.05) is 37.5 Å². The van der Waals surface area contributed by atoms with Crippen LogP contribution < -0.4 is 4.90 Å². The van der Waals surface area contributed by atoms with Crippen molar-refractivity contribution in [1.82, 2.24) is 9.97 Å². The van der Waals surface area contributed by atoms with Gasteiger partial charge in [0.05, 0.1) is 12.3 Å². The Labute approximate surface area is 127 Å². The summed E-state index contributed by atoms with van der Waals surface area (Å²) in [4.78, 5) is 22.1. The standard InChI is InChI=1S/C13H18N4O3S/c1-8(14)10-9(12(18)19)11(16-13(15-10)21-2)17-4-3-6-20-7-5-17/h14H,3-7H2,1-2H3,(H,18,19). The molecule has 114 valence electrons. The van der Waals surface area contributed by atoms with Gasteiger partial charge in [-0.3, -0.25) is 0 Å². The van der Waals surface area contributed by atoms with E-state index in [9.17, 15) is 9.90 Å². The molecule has 21 heavy (non-hydrogen) atoms. The van der Waals surface area contributed by atoms with Gasteiger partial charge in [-0.25, -0.2) is 14.8 Å². The van der Waals surface area contributed by atoms with Gasteiger partial charge in [0.1, 0.15) is 17.1 Å². The minimum Gasteiger partial charge on any atom is -0.477 e. The summed E-state index contributed by atoms with van der Waals surface area (Å²) in [7, 11) is 0. The molecule has 0 aliphatic carbocycles. The van der Waals surface area contributed by atoms with Crippen molar-refractivity contribution < 1.29 is 14.6 Å². The summed E-state index contributed by atoms with van der Waals surface area (Å²) >= 11 is 1.33. The summed E-state index contributed by atoms with van der Waals surface area (Å²) in [6.45, 7) is 4.00. The molecule has 0 radical (unpaired) electrons. The van der Waals surface area contributed by atoms with Crippen LogP contribution in [0.4, 0.5) is 5.82 Å². The highest BCUT2D eigenvalue weighted by atomic mass is 32.2. The number of carbonyl (C=O) groups is 1. The number of hydrogen-bond donors (Lipinski definition) is 2. The molecule has 1 fully saturated rings. The number of aromatic nitrogens is 2. The fourth-order valence-corrected chi connectivity index (χ4v) is 2.54. The lowest BCUT2D eigenvalue weighted by Gasteiger charge is -2.23. The van der Waals surface area contributed by atoms with Crippen molar-refractivity contribution in [2.24, 2.45) is 0 Å². The van der Waals surface area contributed by atoms with Crippen LogP contribution in [0.25, 0.3) is 0 Å². The van der Waals surface area contributed by atoms with Crippen LogP contribution in [0.5, 0.6) is 0 Å². The molecule has 1 saturated heterocycles. The summed E-state index contributed by atoms with van der Waals surface area (Å²) in [5, 5.41) is 17.8. The maximum absolute atomic E-state index is 11.6. The average Bonchev–Trinajstić information content (AvgIpc) is 2.74. The van der Waals surface area contributed by atoms with Gasteiger partial charge in [0, 0.05) is 19.7 Å². The van der Waals surface area contributed by atoms with Gasteiger partial charge in [-0.2, -0.15) is 0 Å². The second-order valence-electron chi connectivity index (χ2n) is 4.64. The molecule has 0 unspecified atom stereocenters. The number of nitrogens with zero attached hydrogens (tertiary/aromatic N) is 3. The number of thioether (sulfide) groups is 1. The van der Waals surface area contributed by atoms with Crippen molar-refractivity contribution in [1.29, 1.82) is 5.41 Å². The Hall–Kier alpha value is -1.67. The van der Waals surface area contributed by atoms with E-state index in [-0.39, 0.29) is 17.0 Å². The largest absolute Gasteiger partial charge is 0.477 e. The lowest BCUT2D eigenvalue weighted by atomic mass is 10.1. The first-order valence-corrected chi connectivity index (χ1v) is 7.84. The molecule has 1 aliphatic rings. The van der Waals surface area contributed by atoms with E-state index in [1.807, 2.05) is 11.2 Å². The van der Waals surface area contributed by atoms with Gasteiger partial charge in [0.25, 0.3) is 0 Å². The van der Waals surface area contributed by atoms with Crippen molar-refractivity contribution in [2.45, 2.75) is 18.5 Å². The number of anilines is 1. The zero-order valence-electron chi connectivity index (χ0n) is 12.0. The van der Waals surface area contributed by atoms with E-state index in [2.05, 4.69) is 9.97 Å². The normalized spacial score (nSPS) is 15.6. The van der Waals surface area contributed by atoms with E-state index in [0.29, 0.717) is 37.3 Å². The number of nitrogens with one attached hydrogen (secondary N) is 1. The highest BCUT2D eigenvalue weighted by Crippen LogP contribution is 2.25. The molecule has 7 nitrogen and oxygen atoms in total.